The molecule has 2 aliphatic rings. The van der Waals surface area contributed by atoms with E-state index in [4.69, 9.17) is 0 Å². The molecule has 1 aromatic carbocycles. The number of fused-ring (bicyclic) bond motifs is 1. The Balaban J connectivity index is 1.94. The van der Waals surface area contributed by atoms with Gasteiger partial charge in [-0.1, -0.05) is 45.1 Å². The van der Waals surface area contributed by atoms with Crippen LogP contribution >= 0.6 is 0 Å². The van der Waals surface area contributed by atoms with Gasteiger partial charge in [0.15, 0.2) is 0 Å². The highest BCUT2D eigenvalue weighted by atomic mass is 16.2. The number of benzene rings is 1. The summed E-state index contributed by atoms with van der Waals surface area (Å²) in [6.45, 7) is 12.0. The number of imide groups is 1. The number of nitrogens with zero attached hydrogens (tertiary/aromatic N) is 1. The van der Waals surface area contributed by atoms with Gasteiger partial charge in [0.2, 0.25) is 5.91 Å². The minimum absolute atomic E-state index is 0.0946. The van der Waals surface area contributed by atoms with E-state index in [1.54, 1.807) is 24.3 Å². The molecule has 1 N–H and O–H groups in total. The van der Waals surface area contributed by atoms with Crippen LogP contribution in [0.5, 0.6) is 0 Å². The smallest absolute Gasteiger partial charge is 0.266 e. The Bertz CT molecular complexity index is 982. The lowest BCUT2D eigenvalue weighted by Gasteiger charge is -2.22. The van der Waals surface area contributed by atoms with Gasteiger partial charge in [0.25, 0.3) is 11.8 Å². The first-order chi connectivity index (χ1) is 13.4. The van der Waals surface area contributed by atoms with Crippen LogP contribution in [-0.4, -0.2) is 23.3 Å². The molecule has 3 amide bonds. The van der Waals surface area contributed by atoms with E-state index in [0.717, 1.165) is 5.56 Å². The maximum absolute atomic E-state index is 13.0. The summed E-state index contributed by atoms with van der Waals surface area (Å²) in [5.41, 5.74) is 2.37. The van der Waals surface area contributed by atoms with Crippen molar-refractivity contribution >= 4 is 23.4 Å². The minimum Gasteiger partial charge on any atom is -0.348 e. The summed E-state index contributed by atoms with van der Waals surface area (Å²) in [5, 5.41) is 2.91. The Morgan fingerprint density at radius 1 is 0.966 bits per heavy atom. The Labute approximate surface area is 172 Å². The van der Waals surface area contributed by atoms with Crippen molar-refractivity contribution in [1.29, 1.82) is 0 Å². The summed E-state index contributed by atoms with van der Waals surface area (Å²) in [6, 6.07) is 7.52. The van der Waals surface area contributed by atoms with Gasteiger partial charge in [-0.15, -0.1) is 0 Å². The van der Waals surface area contributed by atoms with Gasteiger partial charge in [-0.3, -0.25) is 14.4 Å². The first-order valence-corrected chi connectivity index (χ1v) is 9.82. The highest BCUT2D eigenvalue weighted by molar-refractivity contribution is 6.37. The van der Waals surface area contributed by atoms with E-state index >= 15 is 0 Å². The Morgan fingerprint density at radius 3 is 2.24 bits per heavy atom. The number of rotatable bonds is 2. The highest BCUT2D eigenvalue weighted by Crippen LogP contribution is 2.34. The molecule has 1 aliphatic heterocycles. The second kappa shape index (κ2) is 7.14. The van der Waals surface area contributed by atoms with E-state index in [-0.39, 0.29) is 28.7 Å². The van der Waals surface area contributed by atoms with Gasteiger partial charge in [-0.2, -0.15) is 0 Å². The van der Waals surface area contributed by atoms with Gasteiger partial charge < -0.3 is 5.32 Å². The monoisotopic (exact) mass is 392 g/mol. The summed E-state index contributed by atoms with van der Waals surface area (Å²) in [4.78, 5) is 39.7. The second-order valence-electron chi connectivity index (χ2n) is 9.54. The number of anilines is 1. The molecule has 1 aliphatic carbocycles. The Morgan fingerprint density at radius 2 is 1.62 bits per heavy atom. The number of carbonyl (C=O) groups is 3. The van der Waals surface area contributed by atoms with Crippen molar-refractivity contribution < 1.29 is 14.4 Å². The van der Waals surface area contributed by atoms with Crippen LogP contribution in [0.15, 0.2) is 59.2 Å². The zero-order chi connectivity index (χ0) is 21.6. The third-order valence-corrected chi connectivity index (χ3v) is 4.89. The fourth-order valence-corrected chi connectivity index (χ4v) is 3.32. The summed E-state index contributed by atoms with van der Waals surface area (Å²) >= 11 is 0. The van der Waals surface area contributed by atoms with Crippen LogP contribution in [0.4, 0.5) is 5.69 Å². The van der Waals surface area contributed by atoms with E-state index in [9.17, 15) is 14.4 Å². The van der Waals surface area contributed by atoms with Gasteiger partial charge >= 0.3 is 0 Å². The van der Waals surface area contributed by atoms with Crippen molar-refractivity contribution in [3.05, 3.63) is 64.8 Å². The van der Waals surface area contributed by atoms with E-state index in [2.05, 4.69) is 26.1 Å². The van der Waals surface area contributed by atoms with Crippen LogP contribution in [-0.2, 0) is 19.8 Å². The molecule has 3 rings (SSSR count). The fraction of sp³-hybridized carbons (Fsp3) is 0.375. The highest BCUT2D eigenvalue weighted by Gasteiger charge is 2.40. The van der Waals surface area contributed by atoms with Crippen LogP contribution in [0.25, 0.3) is 0 Å². The summed E-state index contributed by atoms with van der Waals surface area (Å²) < 4.78 is 0. The molecule has 1 aromatic rings. The molecule has 0 bridgehead atoms. The molecular formula is C24H28N2O3. The summed E-state index contributed by atoms with van der Waals surface area (Å²) in [5.74, 6) is -0.903. The van der Waals surface area contributed by atoms with Crippen LogP contribution in [0.1, 0.15) is 53.5 Å². The maximum Gasteiger partial charge on any atom is 0.266 e. The molecular weight excluding hydrogens is 364 g/mol. The Kier molecular flexibility index (Phi) is 5.11. The topological polar surface area (TPSA) is 66.5 Å². The molecule has 0 aromatic heterocycles. The minimum atomic E-state index is -0.360. The zero-order valence-electron chi connectivity index (χ0n) is 17.9. The van der Waals surface area contributed by atoms with E-state index < -0.39 is 0 Å². The Hall–Kier alpha value is -2.95. The average molecular weight is 392 g/mol. The lowest BCUT2D eigenvalue weighted by Crippen LogP contribution is -2.41. The number of nitrogens with one attached hydrogen (secondary N) is 1. The van der Waals surface area contributed by atoms with Crippen LogP contribution in [0, 0.1) is 0 Å². The standard InChI is InChI=1S/C24H28N2O3/c1-23(2,3)16-8-7-9-17(14-16)26-21(28)18-12-10-15(11-13-19(18)22(26)29)20(27)25-24(4,5)6/h7-10,12-14H,11H2,1-6H3,(H,25,27). The van der Waals surface area contributed by atoms with Crippen LogP contribution in [0.3, 0.4) is 0 Å². The fourth-order valence-electron chi connectivity index (χ4n) is 3.32. The van der Waals surface area contributed by atoms with Crippen molar-refractivity contribution in [2.24, 2.45) is 0 Å². The van der Waals surface area contributed by atoms with Gasteiger partial charge in [-0.25, -0.2) is 4.90 Å². The molecule has 0 atom stereocenters. The number of allylic oxidation sites excluding steroid dienone is 3. The number of hydrogen-bond donors (Lipinski definition) is 1. The molecule has 29 heavy (non-hydrogen) atoms. The quantitative estimate of drug-likeness (QED) is 0.775. The van der Waals surface area contributed by atoms with Gasteiger partial charge in [0.1, 0.15) is 0 Å². The predicted octanol–water partition coefficient (Wildman–Crippen LogP) is 3.95. The summed E-state index contributed by atoms with van der Waals surface area (Å²) in [7, 11) is 0. The molecule has 1 heterocycles. The molecule has 5 heteroatoms. The molecule has 0 unspecified atom stereocenters. The normalized spacial score (nSPS) is 17.3. The first kappa shape index (κ1) is 20.8. The molecule has 5 nitrogen and oxygen atoms in total. The van der Waals surface area contributed by atoms with Gasteiger partial charge in [0.05, 0.1) is 11.3 Å². The van der Waals surface area contributed by atoms with Crippen molar-refractivity contribution in [3.63, 3.8) is 0 Å². The van der Waals surface area contributed by atoms with Crippen molar-refractivity contribution in [1.82, 2.24) is 5.32 Å². The molecule has 0 saturated carbocycles. The van der Waals surface area contributed by atoms with Crippen LogP contribution in [0.2, 0.25) is 0 Å². The SMILES string of the molecule is CC(C)(C)NC(=O)C1=CC=C2C(=O)N(c3cccc(C(C)(C)C)c3)C(=O)C2=CC1. The molecule has 1 saturated heterocycles. The van der Waals surface area contributed by atoms with Gasteiger partial charge in [-0.05, 0) is 56.4 Å². The lowest BCUT2D eigenvalue weighted by molar-refractivity contribution is -0.120. The van der Waals surface area contributed by atoms with Gasteiger partial charge in [0, 0.05) is 16.7 Å². The number of hydrogen-bond acceptors (Lipinski definition) is 3. The predicted molar refractivity (Wildman–Crippen MR) is 114 cm³/mol. The van der Waals surface area contributed by atoms with Crippen molar-refractivity contribution in [2.75, 3.05) is 4.90 Å². The third-order valence-electron chi connectivity index (χ3n) is 4.89. The molecule has 1 fully saturated rings. The van der Waals surface area contributed by atoms with Crippen molar-refractivity contribution in [2.45, 2.75) is 58.9 Å². The van der Waals surface area contributed by atoms with E-state index in [1.165, 1.54) is 4.90 Å². The van der Waals surface area contributed by atoms with Crippen molar-refractivity contribution in [3.8, 4) is 0 Å². The lowest BCUT2D eigenvalue weighted by atomic mass is 9.87. The molecule has 0 spiro atoms. The zero-order valence-corrected chi connectivity index (χ0v) is 17.9. The first-order valence-electron chi connectivity index (χ1n) is 9.82. The number of carbonyl (C=O) groups excluding carboxylic acids is 3. The van der Waals surface area contributed by atoms with E-state index in [0.29, 0.717) is 28.8 Å². The number of amides is 3. The largest absolute Gasteiger partial charge is 0.348 e. The molecule has 152 valence electrons. The maximum atomic E-state index is 13.0. The third kappa shape index (κ3) is 4.24. The van der Waals surface area contributed by atoms with Crippen LogP contribution < -0.4 is 10.2 Å². The summed E-state index contributed by atoms with van der Waals surface area (Å²) in [6.07, 6.45) is 5.21. The van der Waals surface area contributed by atoms with E-state index in [1.807, 2.05) is 39.0 Å². The average Bonchev–Trinajstić information content (AvgIpc) is 2.75. The molecule has 0 radical (unpaired) electrons. The second-order valence-corrected chi connectivity index (χ2v) is 9.54.